The lowest BCUT2D eigenvalue weighted by atomic mass is 9.77. The summed E-state index contributed by atoms with van der Waals surface area (Å²) in [7, 11) is 0. The van der Waals surface area contributed by atoms with E-state index in [2.05, 4.69) is 20.3 Å². The molecule has 1 rings (SSSR count). The highest BCUT2D eigenvalue weighted by molar-refractivity contribution is 4.78. The summed E-state index contributed by atoms with van der Waals surface area (Å²) >= 11 is 0. The second-order valence-corrected chi connectivity index (χ2v) is 5.35. The normalized spacial score (nSPS) is 26.8. The Morgan fingerprint density at radius 3 is 2.60 bits per heavy atom. The lowest BCUT2D eigenvalue weighted by Gasteiger charge is -2.29. The van der Waals surface area contributed by atoms with Crippen molar-refractivity contribution >= 4 is 0 Å². The number of hydrogen-bond donors (Lipinski definition) is 0. The van der Waals surface area contributed by atoms with Gasteiger partial charge in [-0.25, -0.2) is 0 Å². The first kappa shape index (κ1) is 13.1. The van der Waals surface area contributed by atoms with Crippen LogP contribution in [0, 0.1) is 18.3 Å². The van der Waals surface area contributed by atoms with E-state index in [0.717, 1.165) is 11.8 Å². The molecule has 1 aliphatic carbocycles. The van der Waals surface area contributed by atoms with Gasteiger partial charge in [0.05, 0.1) is 0 Å². The van der Waals surface area contributed by atoms with Gasteiger partial charge in [0.1, 0.15) is 0 Å². The molecule has 0 bridgehead atoms. The predicted octanol–water partition coefficient (Wildman–Crippen LogP) is 5.38. The molecule has 1 fully saturated rings. The zero-order chi connectivity index (χ0) is 10.9. The van der Waals surface area contributed by atoms with Gasteiger partial charge in [-0.3, -0.25) is 0 Å². The van der Waals surface area contributed by atoms with Gasteiger partial charge in [0.2, 0.25) is 0 Å². The van der Waals surface area contributed by atoms with Gasteiger partial charge < -0.3 is 0 Å². The third kappa shape index (κ3) is 5.58. The van der Waals surface area contributed by atoms with Crippen molar-refractivity contribution < 1.29 is 0 Å². The summed E-state index contributed by atoms with van der Waals surface area (Å²) in [6.45, 7) is 4.59. The highest BCUT2D eigenvalue weighted by Crippen LogP contribution is 2.34. The molecular formula is C15H29. The van der Waals surface area contributed by atoms with Gasteiger partial charge in [-0.15, -0.1) is 0 Å². The van der Waals surface area contributed by atoms with E-state index in [1.807, 2.05) is 0 Å². The van der Waals surface area contributed by atoms with Crippen LogP contribution in [-0.2, 0) is 0 Å². The van der Waals surface area contributed by atoms with Crippen molar-refractivity contribution in [3.8, 4) is 0 Å². The van der Waals surface area contributed by atoms with Crippen LogP contribution in [0.4, 0.5) is 0 Å². The van der Waals surface area contributed by atoms with Crippen molar-refractivity contribution in [3.05, 3.63) is 6.42 Å². The molecule has 1 aliphatic rings. The van der Waals surface area contributed by atoms with E-state index in [4.69, 9.17) is 0 Å². The standard InChI is InChI=1S/C15H29/c1-3-5-7-10-15-12-8-11-14(13-15)9-6-4-2/h7,14-15H,3-6,8-13H2,1-2H3. The van der Waals surface area contributed by atoms with E-state index >= 15 is 0 Å². The van der Waals surface area contributed by atoms with Crippen molar-refractivity contribution in [2.75, 3.05) is 0 Å². The first-order chi connectivity index (χ1) is 7.36. The molecule has 0 aromatic heterocycles. The number of hydrogen-bond acceptors (Lipinski definition) is 0. The van der Waals surface area contributed by atoms with Crippen LogP contribution >= 0.6 is 0 Å². The van der Waals surface area contributed by atoms with Crippen LogP contribution in [-0.4, -0.2) is 0 Å². The zero-order valence-corrected chi connectivity index (χ0v) is 10.8. The second-order valence-electron chi connectivity index (χ2n) is 5.35. The van der Waals surface area contributed by atoms with Crippen molar-refractivity contribution in [2.45, 2.75) is 78.1 Å². The van der Waals surface area contributed by atoms with Crippen LogP contribution < -0.4 is 0 Å². The van der Waals surface area contributed by atoms with Gasteiger partial charge in [0.25, 0.3) is 0 Å². The topological polar surface area (TPSA) is 0 Å². The molecule has 0 N–H and O–H groups in total. The summed E-state index contributed by atoms with van der Waals surface area (Å²) in [5.74, 6) is 2.10. The Kier molecular flexibility index (Phi) is 7.13. The van der Waals surface area contributed by atoms with Crippen LogP contribution in [0.15, 0.2) is 0 Å². The first-order valence-electron chi connectivity index (χ1n) is 7.18. The Labute approximate surface area is 96.8 Å². The highest BCUT2D eigenvalue weighted by atomic mass is 14.3. The third-order valence-corrected chi connectivity index (χ3v) is 3.85. The fourth-order valence-electron chi connectivity index (χ4n) is 2.93. The minimum absolute atomic E-state index is 1.03. The van der Waals surface area contributed by atoms with E-state index in [1.54, 1.807) is 0 Å². The molecule has 0 aromatic carbocycles. The molecule has 2 unspecified atom stereocenters. The third-order valence-electron chi connectivity index (χ3n) is 3.85. The number of unbranched alkanes of at least 4 members (excludes halogenated alkanes) is 3. The maximum Gasteiger partial charge on any atom is -0.0383 e. The minimum Gasteiger partial charge on any atom is -0.0654 e. The quantitative estimate of drug-likeness (QED) is 0.494. The van der Waals surface area contributed by atoms with Crippen molar-refractivity contribution in [3.63, 3.8) is 0 Å². The molecule has 0 heteroatoms. The highest BCUT2D eigenvalue weighted by Gasteiger charge is 2.20. The van der Waals surface area contributed by atoms with Gasteiger partial charge in [0.15, 0.2) is 0 Å². The molecule has 0 aromatic rings. The Balaban J connectivity index is 2.11. The Morgan fingerprint density at radius 1 is 1.07 bits per heavy atom. The molecule has 2 atom stereocenters. The SMILES string of the molecule is CCC[CH]CC1CCCC(CCCC)C1. The predicted molar refractivity (Wildman–Crippen MR) is 68.8 cm³/mol. The number of rotatable bonds is 7. The summed E-state index contributed by atoms with van der Waals surface area (Å²) in [5.41, 5.74) is 0. The summed E-state index contributed by atoms with van der Waals surface area (Å²) in [6, 6.07) is 0. The summed E-state index contributed by atoms with van der Waals surface area (Å²) in [5, 5.41) is 0. The van der Waals surface area contributed by atoms with Crippen molar-refractivity contribution in [2.24, 2.45) is 11.8 Å². The molecule has 89 valence electrons. The van der Waals surface area contributed by atoms with Crippen LogP contribution in [0.5, 0.6) is 0 Å². The molecule has 0 spiro atoms. The summed E-state index contributed by atoms with van der Waals surface area (Å²) in [4.78, 5) is 0. The van der Waals surface area contributed by atoms with E-state index < -0.39 is 0 Å². The second kappa shape index (κ2) is 8.19. The molecule has 1 radical (unpaired) electrons. The fraction of sp³-hybridized carbons (Fsp3) is 0.933. The molecule has 1 saturated carbocycles. The minimum atomic E-state index is 1.03. The lowest BCUT2D eigenvalue weighted by molar-refractivity contribution is 0.247. The molecule has 0 nitrogen and oxygen atoms in total. The monoisotopic (exact) mass is 209 g/mol. The smallest absolute Gasteiger partial charge is 0.0383 e. The molecule has 0 aliphatic heterocycles. The van der Waals surface area contributed by atoms with E-state index in [1.165, 1.54) is 64.2 Å². The molecule has 0 heterocycles. The molecule has 0 saturated heterocycles. The van der Waals surface area contributed by atoms with Crippen LogP contribution in [0.3, 0.4) is 0 Å². The molecule has 0 amide bonds. The first-order valence-corrected chi connectivity index (χ1v) is 7.18. The van der Waals surface area contributed by atoms with Crippen LogP contribution in [0.2, 0.25) is 0 Å². The van der Waals surface area contributed by atoms with E-state index in [0.29, 0.717) is 0 Å². The average molecular weight is 209 g/mol. The lowest BCUT2D eigenvalue weighted by Crippen LogP contribution is -2.15. The Morgan fingerprint density at radius 2 is 1.87 bits per heavy atom. The fourth-order valence-corrected chi connectivity index (χ4v) is 2.93. The maximum atomic E-state index is 2.53. The average Bonchev–Trinajstić information content (AvgIpc) is 2.27. The van der Waals surface area contributed by atoms with Gasteiger partial charge in [-0.2, -0.15) is 0 Å². The van der Waals surface area contributed by atoms with Crippen molar-refractivity contribution in [1.82, 2.24) is 0 Å². The Bertz CT molecular complexity index is 139. The van der Waals surface area contributed by atoms with E-state index in [-0.39, 0.29) is 0 Å². The molecular weight excluding hydrogens is 180 g/mol. The van der Waals surface area contributed by atoms with Gasteiger partial charge in [-0.05, 0) is 31.1 Å². The molecule has 15 heavy (non-hydrogen) atoms. The van der Waals surface area contributed by atoms with Gasteiger partial charge in [0, 0.05) is 0 Å². The summed E-state index contributed by atoms with van der Waals surface area (Å²) in [6.07, 6.45) is 17.0. The maximum absolute atomic E-state index is 2.53. The van der Waals surface area contributed by atoms with Gasteiger partial charge >= 0.3 is 0 Å². The summed E-state index contributed by atoms with van der Waals surface area (Å²) < 4.78 is 0. The largest absolute Gasteiger partial charge is 0.0654 e. The Hall–Kier alpha value is 0. The van der Waals surface area contributed by atoms with Gasteiger partial charge in [-0.1, -0.05) is 65.2 Å². The van der Waals surface area contributed by atoms with Crippen molar-refractivity contribution in [1.29, 1.82) is 0 Å². The van der Waals surface area contributed by atoms with E-state index in [9.17, 15) is 0 Å². The van der Waals surface area contributed by atoms with Crippen LogP contribution in [0.25, 0.3) is 0 Å². The zero-order valence-electron chi connectivity index (χ0n) is 10.8. The van der Waals surface area contributed by atoms with Crippen LogP contribution in [0.1, 0.15) is 78.1 Å².